The van der Waals surface area contributed by atoms with Gasteiger partial charge in [-0.15, -0.1) is 0 Å². The van der Waals surface area contributed by atoms with E-state index in [1.807, 2.05) is 6.07 Å². The van der Waals surface area contributed by atoms with E-state index < -0.39 is 0 Å². The van der Waals surface area contributed by atoms with Crippen molar-refractivity contribution in [3.63, 3.8) is 0 Å². The van der Waals surface area contributed by atoms with Crippen molar-refractivity contribution in [1.82, 2.24) is 9.36 Å². The average Bonchev–Trinajstić information content (AvgIpc) is 2.48. The molecule has 0 aliphatic carbocycles. The van der Waals surface area contributed by atoms with Gasteiger partial charge >= 0.3 is 0 Å². The molecule has 0 radical (unpaired) electrons. The van der Waals surface area contributed by atoms with Gasteiger partial charge in [0.15, 0.2) is 5.82 Å². The third-order valence-corrected chi connectivity index (χ3v) is 3.13. The Morgan fingerprint density at radius 2 is 2.38 bits per heavy atom. The first kappa shape index (κ1) is 8.90. The Morgan fingerprint density at radius 3 is 3.15 bits per heavy atom. The van der Waals surface area contributed by atoms with E-state index >= 15 is 0 Å². The maximum absolute atomic E-state index is 4.48. The smallest absolute Gasteiger partial charge is 0.164 e. The molecule has 2 aromatic heterocycles. The van der Waals surface area contributed by atoms with Gasteiger partial charge in [0.05, 0.1) is 5.16 Å². The molecule has 0 N–H and O–H groups in total. The standard InChI is InChI=1S/C7H2BrN3S2/c8-6-4-1-2-5(9-3-12)10-7(4)13-11-6/h1-2H. The summed E-state index contributed by atoms with van der Waals surface area (Å²) < 4.78 is 4.92. The van der Waals surface area contributed by atoms with Gasteiger partial charge in [-0.3, -0.25) is 0 Å². The van der Waals surface area contributed by atoms with Gasteiger partial charge in [-0.25, -0.2) is 4.98 Å². The zero-order valence-electron chi connectivity index (χ0n) is 6.19. The van der Waals surface area contributed by atoms with Gasteiger partial charge in [-0.1, -0.05) is 0 Å². The molecule has 0 aliphatic rings. The van der Waals surface area contributed by atoms with Crippen LogP contribution >= 0.6 is 39.7 Å². The lowest BCUT2D eigenvalue weighted by atomic mass is 10.4. The SMILES string of the molecule is S=C=Nc1ccc2c(Br)nsc2n1. The maximum Gasteiger partial charge on any atom is 0.164 e. The summed E-state index contributed by atoms with van der Waals surface area (Å²) in [4.78, 5) is 8.85. The van der Waals surface area contributed by atoms with Crippen LogP contribution in [0, 0.1) is 0 Å². The van der Waals surface area contributed by atoms with E-state index in [9.17, 15) is 0 Å². The van der Waals surface area contributed by atoms with E-state index in [-0.39, 0.29) is 0 Å². The molecule has 0 amide bonds. The number of aromatic nitrogens is 2. The van der Waals surface area contributed by atoms with Crippen LogP contribution in [0.25, 0.3) is 10.2 Å². The van der Waals surface area contributed by atoms with Crippen LogP contribution in [-0.4, -0.2) is 14.5 Å². The summed E-state index contributed by atoms with van der Waals surface area (Å²) in [6.07, 6.45) is 0. The molecule has 64 valence electrons. The Labute approximate surface area is 91.8 Å². The number of aliphatic imine (C=N–C) groups is 1. The van der Waals surface area contributed by atoms with Crippen LogP contribution in [0.5, 0.6) is 0 Å². The lowest BCUT2D eigenvalue weighted by Crippen LogP contribution is -1.72. The summed E-state index contributed by atoms with van der Waals surface area (Å²) in [7, 11) is 0. The fourth-order valence-corrected chi connectivity index (χ4v) is 2.32. The normalized spacial score (nSPS) is 9.92. The molecule has 3 nitrogen and oxygen atoms in total. The molecular weight excluding hydrogens is 270 g/mol. The minimum absolute atomic E-state index is 0.568. The maximum atomic E-state index is 4.48. The topological polar surface area (TPSA) is 38.1 Å². The molecule has 0 atom stereocenters. The lowest BCUT2D eigenvalue weighted by molar-refractivity contribution is 1.36. The van der Waals surface area contributed by atoms with Crippen LogP contribution < -0.4 is 0 Å². The highest BCUT2D eigenvalue weighted by Gasteiger charge is 2.04. The van der Waals surface area contributed by atoms with E-state index in [1.54, 1.807) is 6.07 Å². The summed E-state index contributed by atoms with van der Waals surface area (Å²) >= 11 is 9.13. The molecule has 0 unspecified atom stereocenters. The molecule has 0 fully saturated rings. The second-order valence-corrected chi connectivity index (χ2v) is 3.88. The van der Waals surface area contributed by atoms with E-state index in [0.29, 0.717) is 5.82 Å². The number of isothiocyanates is 1. The largest absolute Gasteiger partial charge is 0.215 e. The van der Waals surface area contributed by atoms with Crippen LogP contribution in [0.15, 0.2) is 21.7 Å². The first-order valence-electron chi connectivity index (χ1n) is 3.31. The zero-order valence-corrected chi connectivity index (χ0v) is 9.41. The first-order valence-corrected chi connectivity index (χ1v) is 5.28. The van der Waals surface area contributed by atoms with Crippen LogP contribution in [0.3, 0.4) is 0 Å². The molecule has 2 heterocycles. The molecule has 0 aliphatic heterocycles. The predicted octanol–water partition coefficient (Wildman–Crippen LogP) is 3.19. The quantitative estimate of drug-likeness (QED) is 0.591. The van der Waals surface area contributed by atoms with Crippen LogP contribution in [0.4, 0.5) is 5.82 Å². The number of fused-ring (bicyclic) bond motifs is 1. The van der Waals surface area contributed by atoms with E-state index in [0.717, 1.165) is 14.8 Å². The number of hydrogen-bond acceptors (Lipinski definition) is 5. The molecular formula is C7H2BrN3S2. The molecule has 0 bridgehead atoms. The lowest BCUT2D eigenvalue weighted by Gasteiger charge is -1.89. The monoisotopic (exact) mass is 271 g/mol. The summed E-state index contributed by atoms with van der Waals surface area (Å²) in [6, 6.07) is 3.68. The van der Waals surface area contributed by atoms with Crippen molar-refractivity contribution in [3.8, 4) is 0 Å². The fourth-order valence-electron chi connectivity index (χ4n) is 0.899. The highest BCUT2D eigenvalue weighted by Crippen LogP contribution is 2.26. The number of rotatable bonds is 1. The van der Waals surface area contributed by atoms with Gasteiger partial charge in [-0.05, 0) is 51.8 Å². The van der Waals surface area contributed by atoms with Crippen molar-refractivity contribution >= 4 is 60.9 Å². The van der Waals surface area contributed by atoms with E-state index in [1.165, 1.54) is 11.5 Å². The van der Waals surface area contributed by atoms with Gasteiger partial charge in [0.1, 0.15) is 9.43 Å². The third kappa shape index (κ3) is 1.66. The molecule has 2 rings (SSSR count). The number of hydrogen-bond donors (Lipinski definition) is 0. The van der Waals surface area contributed by atoms with Gasteiger partial charge in [0, 0.05) is 5.39 Å². The van der Waals surface area contributed by atoms with Crippen molar-refractivity contribution < 1.29 is 0 Å². The van der Waals surface area contributed by atoms with Gasteiger partial charge < -0.3 is 0 Å². The Morgan fingerprint density at radius 1 is 1.54 bits per heavy atom. The summed E-state index contributed by atoms with van der Waals surface area (Å²) in [5.74, 6) is 0.568. The van der Waals surface area contributed by atoms with Crippen LogP contribution in [0.2, 0.25) is 0 Å². The Hall–Kier alpha value is -0.680. The van der Waals surface area contributed by atoms with Gasteiger partial charge in [0.2, 0.25) is 0 Å². The number of nitrogens with zero attached hydrogens (tertiary/aromatic N) is 3. The minimum Gasteiger partial charge on any atom is -0.215 e. The van der Waals surface area contributed by atoms with Crippen molar-refractivity contribution in [3.05, 3.63) is 16.7 Å². The highest BCUT2D eigenvalue weighted by atomic mass is 79.9. The zero-order chi connectivity index (χ0) is 9.26. The second-order valence-electron chi connectivity index (χ2n) is 2.20. The van der Waals surface area contributed by atoms with E-state index in [4.69, 9.17) is 0 Å². The van der Waals surface area contributed by atoms with Gasteiger partial charge in [0.25, 0.3) is 0 Å². The third-order valence-electron chi connectivity index (χ3n) is 1.44. The van der Waals surface area contributed by atoms with Crippen molar-refractivity contribution in [2.45, 2.75) is 0 Å². The van der Waals surface area contributed by atoms with Crippen molar-refractivity contribution in [2.24, 2.45) is 4.99 Å². The molecule has 0 spiro atoms. The Kier molecular flexibility index (Phi) is 2.46. The Balaban J connectivity index is 2.69. The molecule has 6 heteroatoms. The summed E-state index contributed by atoms with van der Waals surface area (Å²) in [5.41, 5.74) is 0. The Bertz CT molecular complexity index is 501. The first-order chi connectivity index (χ1) is 6.31. The van der Waals surface area contributed by atoms with E-state index in [2.05, 4.69) is 47.7 Å². The van der Waals surface area contributed by atoms with Gasteiger partial charge in [-0.2, -0.15) is 9.37 Å². The van der Waals surface area contributed by atoms with Crippen LogP contribution in [-0.2, 0) is 0 Å². The van der Waals surface area contributed by atoms with Crippen molar-refractivity contribution in [1.29, 1.82) is 0 Å². The highest BCUT2D eigenvalue weighted by molar-refractivity contribution is 9.10. The number of pyridine rings is 1. The molecule has 0 saturated heterocycles. The van der Waals surface area contributed by atoms with Crippen LogP contribution in [0.1, 0.15) is 0 Å². The molecule has 2 aromatic rings. The number of thiocarbonyl (C=S) groups is 1. The number of halogens is 1. The molecule has 0 saturated carbocycles. The average molecular weight is 272 g/mol. The summed E-state index contributed by atoms with van der Waals surface area (Å²) in [6.45, 7) is 0. The molecule has 13 heavy (non-hydrogen) atoms. The minimum atomic E-state index is 0.568. The summed E-state index contributed by atoms with van der Waals surface area (Å²) in [5, 5.41) is 3.27. The fraction of sp³-hybridized carbons (Fsp3) is 0. The molecule has 0 aromatic carbocycles. The second kappa shape index (κ2) is 3.59. The van der Waals surface area contributed by atoms with Crippen molar-refractivity contribution in [2.75, 3.05) is 0 Å². The predicted molar refractivity (Wildman–Crippen MR) is 59.8 cm³/mol.